The summed E-state index contributed by atoms with van der Waals surface area (Å²) in [5.41, 5.74) is 2.14. The maximum atomic E-state index is 13.0. The molecule has 2 heterocycles. The summed E-state index contributed by atoms with van der Waals surface area (Å²) in [5, 5.41) is 4.07. The van der Waals surface area contributed by atoms with Gasteiger partial charge in [-0.2, -0.15) is 18.2 Å². The molecule has 0 spiro atoms. The van der Waals surface area contributed by atoms with Crippen molar-refractivity contribution in [3.05, 3.63) is 65.5 Å². The number of benzene rings is 2. The molecule has 5 nitrogen and oxygen atoms in total. The van der Waals surface area contributed by atoms with E-state index in [0.29, 0.717) is 50.1 Å². The zero-order chi connectivity index (χ0) is 21.1. The molecule has 158 valence electrons. The Morgan fingerprint density at radius 2 is 1.73 bits per heavy atom. The van der Waals surface area contributed by atoms with Crippen molar-refractivity contribution in [1.29, 1.82) is 0 Å². The SMILES string of the molecule is CCc1ccc(-c2noc(CN3CCN(c4cccc(C(F)(F)F)c4)CC3)n2)cc1. The van der Waals surface area contributed by atoms with Gasteiger partial charge in [0.25, 0.3) is 0 Å². The third-order valence-electron chi connectivity index (χ3n) is 5.36. The summed E-state index contributed by atoms with van der Waals surface area (Å²) in [6.45, 7) is 5.32. The molecule has 30 heavy (non-hydrogen) atoms. The Labute approximate surface area is 173 Å². The third kappa shape index (κ3) is 4.64. The molecule has 0 atom stereocenters. The number of nitrogens with zero attached hydrogens (tertiary/aromatic N) is 4. The second-order valence-corrected chi connectivity index (χ2v) is 7.37. The van der Waals surface area contributed by atoms with Gasteiger partial charge in [0.05, 0.1) is 12.1 Å². The molecule has 1 aliphatic rings. The quantitative estimate of drug-likeness (QED) is 0.606. The van der Waals surface area contributed by atoms with Crippen LogP contribution in [0.1, 0.15) is 23.9 Å². The Morgan fingerprint density at radius 3 is 2.40 bits per heavy atom. The van der Waals surface area contributed by atoms with E-state index in [9.17, 15) is 13.2 Å². The lowest BCUT2D eigenvalue weighted by molar-refractivity contribution is -0.137. The molecule has 0 radical (unpaired) electrons. The molecular formula is C22H23F3N4O. The highest BCUT2D eigenvalue weighted by Crippen LogP contribution is 2.32. The molecular weight excluding hydrogens is 393 g/mol. The van der Waals surface area contributed by atoms with E-state index in [1.54, 1.807) is 6.07 Å². The van der Waals surface area contributed by atoms with E-state index in [1.165, 1.54) is 17.7 Å². The number of hydrogen-bond acceptors (Lipinski definition) is 5. The van der Waals surface area contributed by atoms with Crippen molar-refractivity contribution in [3.8, 4) is 11.4 Å². The molecule has 1 saturated heterocycles. The highest BCUT2D eigenvalue weighted by Gasteiger charge is 2.31. The van der Waals surface area contributed by atoms with Crippen LogP contribution in [-0.2, 0) is 19.1 Å². The van der Waals surface area contributed by atoms with Gasteiger partial charge in [-0.15, -0.1) is 0 Å². The van der Waals surface area contributed by atoms with Crippen LogP contribution in [0, 0.1) is 0 Å². The third-order valence-corrected chi connectivity index (χ3v) is 5.36. The molecule has 0 saturated carbocycles. The number of aromatic nitrogens is 2. The fraction of sp³-hybridized carbons (Fsp3) is 0.364. The first kappa shape index (κ1) is 20.4. The van der Waals surface area contributed by atoms with Crippen LogP contribution in [-0.4, -0.2) is 41.2 Å². The van der Waals surface area contributed by atoms with E-state index < -0.39 is 11.7 Å². The minimum Gasteiger partial charge on any atom is -0.369 e. The average Bonchev–Trinajstić information content (AvgIpc) is 3.22. The van der Waals surface area contributed by atoms with E-state index in [0.717, 1.165) is 18.1 Å². The van der Waals surface area contributed by atoms with E-state index in [2.05, 4.69) is 34.1 Å². The van der Waals surface area contributed by atoms with Gasteiger partial charge in [-0.25, -0.2) is 0 Å². The number of aryl methyl sites for hydroxylation is 1. The zero-order valence-corrected chi connectivity index (χ0v) is 16.7. The van der Waals surface area contributed by atoms with Crippen molar-refractivity contribution in [2.24, 2.45) is 0 Å². The summed E-state index contributed by atoms with van der Waals surface area (Å²) in [6.07, 6.45) is -3.35. The Balaban J connectivity index is 1.35. The summed E-state index contributed by atoms with van der Waals surface area (Å²) >= 11 is 0. The lowest BCUT2D eigenvalue weighted by Gasteiger charge is -2.35. The number of rotatable bonds is 5. The van der Waals surface area contributed by atoms with Crippen molar-refractivity contribution in [1.82, 2.24) is 15.0 Å². The lowest BCUT2D eigenvalue weighted by Crippen LogP contribution is -2.46. The van der Waals surface area contributed by atoms with E-state index in [4.69, 9.17) is 4.52 Å². The van der Waals surface area contributed by atoms with E-state index in [1.807, 2.05) is 17.0 Å². The van der Waals surface area contributed by atoms with Gasteiger partial charge in [0.2, 0.25) is 11.7 Å². The summed E-state index contributed by atoms with van der Waals surface area (Å²) in [5.74, 6) is 1.10. The van der Waals surface area contributed by atoms with Crippen LogP contribution in [0.25, 0.3) is 11.4 Å². The van der Waals surface area contributed by atoms with Gasteiger partial charge in [0, 0.05) is 37.4 Å². The topological polar surface area (TPSA) is 45.4 Å². The average molecular weight is 416 g/mol. The van der Waals surface area contributed by atoms with Crippen LogP contribution in [0.2, 0.25) is 0 Å². The number of hydrogen-bond donors (Lipinski definition) is 0. The zero-order valence-electron chi connectivity index (χ0n) is 16.7. The van der Waals surface area contributed by atoms with Gasteiger partial charge in [-0.3, -0.25) is 4.90 Å². The van der Waals surface area contributed by atoms with Crippen LogP contribution >= 0.6 is 0 Å². The Morgan fingerprint density at radius 1 is 1.00 bits per heavy atom. The van der Waals surface area contributed by atoms with Gasteiger partial charge in [-0.1, -0.05) is 42.4 Å². The molecule has 1 aliphatic heterocycles. The molecule has 2 aromatic carbocycles. The smallest absolute Gasteiger partial charge is 0.369 e. The van der Waals surface area contributed by atoms with Crippen molar-refractivity contribution >= 4 is 5.69 Å². The number of alkyl halides is 3. The first-order valence-corrected chi connectivity index (χ1v) is 9.99. The standard InChI is InChI=1S/C22H23F3N4O/c1-2-16-6-8-17(9-7-16)21-26-20(30-27-21)15-28-10-12-29(13-11-28)19-5-3-4-18(14-19)22(23,24)25/h3-9,14H,2,10-13,15H2,1H3. The largest absolute Gasteiger partial charge is 0.416 e. The molecule has 1 fully saturated rings. The number of anilines is 1. The molecule has 0 aliphatic carbocycles. The first-order valence-electron chi connectivity index (χ1n) is 9.99. The minimum absolute atomic E-state index is 0.524. The van der Waals surface area contributed by atoms with Crippen molar-refractivity contribution in [3.63, 3.8) is 0 Å². The molecule has 0 N–H and O–H groups in total. The Hall–Kier alpha value is -2.87. The van der Waals surface area contributed by atoms with Crippen molar-refractivity contribution in [2.75, 3.05) is 31.1 Å². The Bertz CT molecular complexity index is 977. The molecule has 8 heteroatoms. The van der Waals surface area contributed by atoms with Crippen molar-refractivity contribution in [2.45, 2.75) is 26.1 Å². The summed E-state index contributed by atoms with van der Waals surface area (Å²) in [6, 6.07) is 13.6. The normalized spacial score (nSPS) is 15.5. The van der Waals surface area contributed by atoms with Gasteiger partial charge >= 0.3 is 6.18 Å². The van der Waals surface area contributed by atoms with Crippen LogP contribution in [0.3, 0.4) is 0 Å². The summed E-state index contributed by atoms with van der Waals surface area (Å²) in [4.78, 5) is 8.63. The van der Waals surface area contributed by atoms with Crippen LogP contribution in [0.4, 0.5) is 18.9 Å². The fourth-order valence-electron chi connectivity index (χ4n) is 3.56. The minimum atomic E-state index is -4.33. The van der Waals surface area contributed by atoms with Gasteiger partial charge in [0.15, 0.2) is 0 Å². The van der Waals surface area contributed by atoms with Gasteiger partial charge in [-0.05, 0) is 30.2 Å². The lowest BCUT2D eigenvalue weighted by atomic mass is 10.1. The first-order chi connectivity index (χ1) is 14.4. The van der Waals surface area contributed by atoms with Crippen molar-refractivity contribution < 1.29 is 17.7 Å². The van der Waals surface area contributed by atoms with E-state index >= 15 is 0 Å². The molecule has 3 aromatic rings. The molecule has 0 bridgehead atoms. The van der Waals surface area contributed by atoms with Gasteiger partial charge < -0.3 is 9.42 Å². The van der Waals surface area contributed by atoms with Crippen LogP contribution in [0.15, 0.2) is 53.1 Å². The predicted octanol–water partition coefficient (Wildman–Crippen LogP) is 4.64. The molecule has 0 unspecified atom stereocenters. The molecule has 4 rings (SSSR count). The molecule has 1 aromatic heterocycles. The maximum Gasteiger partial charge on any atom is 0.416 e. The Kier molecular flexibility index (Phi) is 5.76. The summed E-state index contributed by atoms with van der Waals surface area (Å²) < 4.78 is 44.3. The van der Waals surface area contributed by atoms with Gasteiger partial charge in [0.1, 0.15) is 0 Å². The fourth-order valence-corrected chi connectivity index (χ4v) is 3.56. The summed E-state index contributed by atoms with van der Waals surface area (Å²) in [7, 11) is 0. The van der Waals surface area contributed by atoms with E-state index in [-0.39, 0.29) is 0 Å². The predicted molar refractivity (Wildman–Crippen MR) is 108 cm³/mol. The maximum absolute atomic E-state index is 13.0. The highest BCUT2D eigenvalue weighted by atomic mass is 19.4. The highest BCUT2D eigenvalue weighted by molar-refractivity contribution is 5.54. The second-order valence-electron chi connectivity index (χ2n) is 7.37. The monoisotopic (exact) mass is 416 g/mol. The van der Waals surface area contributed by atoms with Crippen LogP contribution < -0.4 is 4.90 Å². The number of piperazine rings is 1. The number of halogens is 3. The second kappa shape index (κ2) is 8.47. The molecule has 0 amide bonds. The van der Waals surface area contributed by atoms with Crippen LogP contribution in [0.5, 0.6) is 0 Å².